The molecule has 0 saturated carbocycles. The quantitative estimate of drug-likeness (QED) is 0.666. The highest BCUT2D eigenvalue weighted by Crippen LogP contribution is 2.34. The zero-order valence-electron chi connectivity index (χ0n) is 8.06. The SMILES string of the molecule is C#CCC(CC)c1c(Cl)cccc1Cl. The second-order valence-electron chi connectivity index (χ2n) is 3.15. The van der Waals surface area contributed by atoms with Gasteiger partial charge in [0, 0.05) is 16.5 Å². The summed E-state index contributed by atoms with van der Waals surface area (Å²) < 4.78 is 0. The van der Waals surface area contributed by atoms with E-state index in [9.17, 15) is 0 Å². The van der Waals surface area contributed by atoms with E-state index >= 15 is 0 Å². The van der Waals surface area contributed by atoms with Crippen LogP contribution < -0.4 is 0 Å². The molecular formula is C12H12Cl2. The van der Waals surface area contributed by atoms with Gasteiger partial charge in [-0.1, -0.05) is 36.2 Å². The minimum absolute atomic E-state index is 0.265. The van der Waals surface area contributed by atoms with Crippen molar-refractivity contribution in [3.8, 4) is 12.3 Å². The fourth-order valence-electron chi connectivity index (χ4n) is 1.49. The fraction of sp³-hybridized carbons (Fsp3) is 0.333. The molecule has 14 heavy (non-hydrogen) atoms. The van der Waals surface area contributed by atoms with E-state index in [1.165, 1.54) is 0 Å². The van der Waals surface area contributed by atoms with E-state index in [4.69, 9.17) is 29.6 Å². The van der Waals surface area contributed by atoms with Crippen LogP contribution in [0.15, 0.2) is 18.2 Å². The summed E-state index contributed by atoms with van der Waals surface area (Å²) in [6.07, 6.45) is 6.94. The number of rotatable bonds is 3. The van der Waals surface area contributed by atoms with Crippen molar-refractivity contribution in [3.05, 3.63) is 33.8 Å². The zero-order chi connectivity index (χ0) is 10.6. The van der Waals surface area contributed by atoms with E-state index in [1.54, 1.807) is 0 Å². The third-order valence-corrected chi connectivity index (χ3v) is 2.92. The van der Waals surface area contributed by atoms with Gasteiger partial charge >= 0.3 is 0 Å². The summed E-state index contributed by atoms with van der Waals surface area (Å²) in [5.41, 5.74) is 0.983. The first-order valence-corrected chi connectivity index (χ1v) is 5.33. The highest BCUT2D eigenvalue weighted by atomic mass is 35.5. The van der Waals surface area contributed by atoms with Gasteiger partial charge in [0.05, 0.1) is 0 Å². The average molecular weight is 227 g/mol. The molecule has 1 unspecified atom stereocenters. The van der Waals surface area contributed by atoms with Gasteiger partial charge in [0.2, 0.25) is 0 Å². The molecule has 0 saturated heterocycles. The maximum atomic E-state index is 6.09. The molecule has 0 amide bonds. The summed E-state index contributed by atoms with van der Waals surface area (Å²) >= 11 is 12.2. The molecule has 0 aliphatic rings. The first-order chi connectivity index (χ1) is 6.70. The van der Waals surface area contributed by atoms with Crippen molar-refractivity contribution >= 4 is 23.2 Å². The van der Waals surface area contributed by atoms with Crippen molar-refractivity contribution in [2.75, 3.05) is 0 Å². The second-order valence-corrected chi connectivity index (χ2v) is 3.96. The van der Waals surface area contributed by atoms with E-state index in [1.807, 2.05) is 18.2 Å². The fourth-order valence-corrected chi connectivity index (χ4v) is 2.20. The van der Waals surface area contributed by atoms with Crippen LogP contribution in [0.25, 0.3) is 0 Å². The minimum Gasteiger partial charge on any atom is -0.120 e. The van der Waals surface area contributed by atoms with E-state index in [-0.39, 0.29) is 5.92 Å². The van der Waals surface area contributed by atoms with Gasteiger partial charge in [0.15, 0.2) is 0 Å². The van der Waals surface area contributed by atoms with E-state index in [2.05, 4.69) is 12.8 Å². The molecule has 0 fully saturated rings. The Labute approximate surface area is 95.2 Å². The maximum Gasteiger partial charge on any atom is 0.0456 e. The number of benzene rings is 1. The van der Waals surface area contributed by atoms with E-state index in [0.717, 1.165) is 12.0 Å². The van der Waals surface area contributed by atoms with Crippen molar-refractivity contribution in [1.29, 1.82) is 0 Å². The lowest BCUT2D eigenvalue weighted by Crippen LogP contribution is -1.98. The highest BCUT2D eigenvalue weighted by molar-refractivity contribution is 6.36. The summed E-state index contributed by atoms with van der Waals surface area (Å²) in [6, 6.07) is 5.54. The lowest BCUT2D eigenvalue weighted by atomic mass is 9.93. The van der Waals surface area contributed by atoms with Crippen LogP contribution in [0.1, 0.15) is 31.2 Å². The third kappa shape index (κ3) is 2.44. The highest BCUT2D eigenvalue weighted by Gasteiger charge is 2.14. The summed E-state index contributed by atoms with van der Waals surface area (Å²) in [5.74, 6) is 2.92. The van der Waals surface area contributed by atoms with E-state index < -0.39 is 0 Å². The Kier molecular flexibility index (Phi) is 4.32. The van der Waals surface area contributed by atoms with Gasteiger partial charge in [0.1, 0.15) is 0 Å². The van der Waals surface area contributed by atoms with Crippen molar-refractivity contribution in [2.45, 2.75) is 25.7 Å². The van der Waals surface area contributed by atoms with Crippen molar-refractivity contribution in [1.82, 2.24) is 0 Å². The van der Waals surface area contributed by atoms with Gasteiger partial charge in [-0.3, -0.25) is 0 Å². The Hall–Kier alpha value is -0.640. The normalized spacial score (nSPS) is 12.1. The first kappa shape index (κ1) is 11.4. The molecule has 0 N–H and O–H groups in total. The molecule has 0 spiro atoms. The summed E-state index contributed by atoms with van der Waals surface area (Å²) in [6.45, 7) is 2.08. The Morgan fingerprint density at radius 3 is 2.36 bits per heavy atom. The van der Waals surface area contributed by atoms with Crippen LogP contribution in [0.2, 0.25) is 10.0 Å². The number of terminal acetylenes is 1. The van der Waals surface area contributed by atoms with Gasteiger partial charge in [-0.05, 0) is 30.0 Å². The van der Waals surface area contributed by atoms with Crippen LogP contribution in [0.3, 0.4) is 0 Å². The maximum absolute atomic E-state index is 6.09. The molecule has 0 aliphatic heterocycles. The molecule has 1 aromatic rings. The molecular weight excluding hydrogens is 215 g/mol. The molecule has 2 heteroatoms. The largest absolute Gasteiger partial charge is 0.120 e. The Bertz CT molecular complexity index is 330. The lowest BCUT2D eigenvalue weighted by molar-refractivity contribution is 0.685. The lowest BCUT2D eigenvalue weighted by Gasteiger charge is -2.15. The van der Waals surface area contributed by atoms with Crippen LogP contribution >= 0.6 is 23.2 Å². The van der Waals surface area contributed by atoms with Crippen molar-refractivity contribution < 1.29 is 0 Å². The van der Waals surface area contributed by atoms with Gasteiger partial charge in [-0.15, -0.1) is 12.3 Å². The smallest absolute Gasteiger partial charge is 0.0456 e. The average Bonchev–Trinajstić information content (AvgIpc) is 2.16. The molecule has 1 rings (SSSR count). The standard InChI is InChI=1S/C12H12Cl2/c1-3-6-9(4-2)12-10(13)7-5-8-11(12)14/h1,5,7-9H,4,6H2,2H3. The molecule has 0 nitrogen and oxygen atoms in total. The number of halogens is 2. The molecule has 1 aromatic carbocycles. The molecule has 0 aliphatic carbocycles. The van der Waals surface area contributed by atoms with Crippen LogP contribution in [0, 0.1) is 12.3 Å². The third-order valence-electron chi connectivity index (χ3n) is 2.27. The van der Waals surface area contributed by atoms with E-state index in [0.29, 0.717) is 16.5 Å². The van der Waals surface area contributed by atoms with Crippen molar-refractivity contribution in [3.63, 3.8) is 0 Å². The van der Waals surface area contributed by atoms with Gasteiger partial charge in [0.25, 0.3) is 0 Å². The molecule has 1 atom stereocenters. The van der Waals surface area contributed by atoms with Crippen molar-refractivity contribution in [2.24, 2.45) is 0 Å². The van der Waals surface area contributed by atoms with Crippen LogP contribution in [0.5, 0.6) is 0 Å². The molecule has 0 bridgehead atoms. The predicted molar refractivity (Wildman–Crippen MR) is 62.9 cm³/mol. The topological polar surface area (TPSA) is 0 Å². The number of hydrogen-bond donors (Lipinski definition) is 0. The van der Waals surface area contributed by atoms with Gasteiger partial charge in [-0.2, -0.15) is 0 Å². The Balaban J connectivity index is 3.09. The van der Waals surface area contributed by atoms with Crippen LogP contribution in [-0.4, -0.2) is 0 Å². The molecule has 0 aromatic heterocycles. The Morgan fingerprint density at radius 2 is 1.93 bits per heavy atom. The zero-order valence-corrected chi connectivity index (χ0v) is 9.57. The van der Waals surface area contributed by atoms with Gasteiger partial charge < -0.3 is 0 Å². The molecule has 74 valence electrons. The summed E-state index contributed by atoms with van der Waals surface area (Å²) in [7, 11) is 0. The second kappa shape index (κ2) is 5.29. The predicted octanol–water partition coefficient (Wildman–Crippen LogP) is 4.51. The molecule has 0 radical (unpaired) electrons. The first-order valence-electron chi connectivity index (χ1n) is 4.58. The van der Waals surface area contributed by atoms with Gasteiger partial charge in [-0.25, -0.2) is 0 Å². The van der Waals surface area contributed by atoms with Crippen LogP contribution in [0.4, 0.5) is 0 Å². The number of hydrogen-bond acceptors (Lipinski definition) is 0. The Morgan fingerprint density at radius 1 is 1.36 bits per heavy atom. The van der Waals surface area contributed by atoms with Crippen LogP contribution in [-0.2, 0) is 0 Å². The summed E-state index contributed by atoms with van der Waals surface area (Å²) in [5, 5.41) is 1.42. The summed E-state index contributed by atoms with van der Waals surface area (Å²) in [4.78, 5) is 0. The monoisotopic (exact) mass is 226 g/mol. The molecule has 0 heterocycles. The minimum atomic E-state index is 0.265.